The molecule has 0 aliphatic heterocycles. The van der Waals surface area contributed by atoms with Crippen molar-refractivity contribution in [3.05, 3.63) is 81.4 Å². The van der Waals surface area contributed by atoms with E-state index in [-0.39, 0.29) is 11.3 Å². The fourth-order valence-corrected chi connectivity index (χ4v) is 2.66. The van der Waals surface area contributed by atoms with Gasteiger partial charge in [-0.2, -0.15) is 5.26 Å². The number of nitrogens with one attached hydrogen (secondary N) is 1. The van der Waals surface area contributed by atoms with Crippen LogP contribution < -0.4 is 14.8 Å². The second kappa shape index (κ2) is 11.0. The molecule has 0 saturated carbocycles. The first-order valence-electron chi connectivity index (χ1n) is 9.01. The molecule has 8 heteroatoms. The second-order valence-electron chi connectivity index (χ2n) is 6.06. The third kappa shape index (κ3) is 5.94. The molecule has 0 heterocycles. The van der Waals surface area contributed by atoms with Crippen LogP contribution in [0, 0.1) is 21.4 Å². The van der Waals surface area contributed by atoms with Crippen LogP contribution in [0.15, 0.2) is 60.2 Å². The van der Waals surface area contributed by atoms with Gasteiger partial charge in [0.25, 0.3) is 11.6 Å². The van der Waals surface area contributed by atoms with Crippen molar-refractivity contribution in [3.63, 3.8) is 0 Å². The molecule has 1 N–H and O–H groups in total. The molecular formula is C22H21N3O5. The molecular weight excluding hydrogens is 386 g/mol. The van der Waals surface area contributed by atoms with Gasteiger partial charge in [0, 0.05) is 12.6 Å². The number of rotatable bonds is 9. The number of para-hydroxylation sites is 1. The summed E-state index contributed by atoms with van der Waals surface area (Å²) >= 11 is 0. The number of carbonyl (C=O) groups is 1. The van der Waals surface area contributed by atoms with Gasteiger partial charge in [0.1, 0.15) is 11.6 Å². The van der Waals surface area contributed by atoms with Crippen LogP contribution in [0.1, 0.15) is 11.1 Å². The van der Waals surface area contributed by atoms with Gasteiger partial charge in [-0.15, -0.1) is 0 Å². The lowest BCUT2D eigenvalue weighted by Crippen LogP contribution is -2.26. The lowest BCUT2D eigenvalue weighted by Gasteiger charge is -2.10. The topological polar surface area (TPSA) is 114 Å². The summed E-state index contributed by atoms with van der Waals surface area (Å²) < 4.78 is 10.4. The summed E-state index contributed by atoms with van der Waals surface area (Å²) in [4.78, 5) is 22.7. The van der Waals surface area contributed by atoms with Crippen molar-refractivity contribution >= 4 is 17.7 Å². The summed E-state index contributed by atoms with van der Waals surface area (Å²) in [7, 11) is 3.10. The van der Waals surface area contributed by atoms with E-state index in [9.17, 15) is 20.2 Å². The summed E-state index contributed by atoms with van der Waals surface area (Å²) in [5, 5.41) is 22.9. The smallest absolute Gasteiger partial charge is 0.276 e. The maximum absolute atomic E-state index is 12.2. The number of nitro groups is 1. The zero-order valence-electron chi connectivity index (χ0n) is 16.6. The minimum atomic E-state index is -0.523. The number of hydrogen-bond acceptors (Lipinski definition) is 6. The van der Waals surface area contributed by atoms with Gasteiger partial charge in [-0.25, -0.2) is 0 Å². The Labute approximate surface area is 174 Å². The standard InChI is InChI=1S/C22H21N3O5/c1-29-20-11-10-16(14-21(20)30-2)12-13-24-22(26)18(15-23)8-5-7-17-6-3-4-9-19(17)25(27)28/h3-11,14H,12-13H2,1-2H3,(H,24,26)/b7-5+,18-8+. The zero-order chi connectivity index (χ0) is 21.9. The highest BCUT2D eigenvalue weighted by molar-refractivity contribution is 5.97. The van der Waals surface area contributed by atoms with Crippen LogP contribution in [0.5, 0.6) is 11.5 Å². The lowest BCUT2D eigenvalue weighted by atomic mass is 10.1. The van der Waals surface area contributed by atoms with Crippen LogP contribution in [0.2, 0.25) is 0 Å². The average Bonchev–Trinajstić information content (AvgIpc) is 2.76. The van der Waals surface area contributed by atoms with E-state index in [2.05, 4.69) is 5.32 Å². The molecule has 0 radical (unpaired) electrons. The van der Waals surface area contributed by atoms with E-state index >= 15 is 0 Å². The minimum absolute atomic E-state index is 0.0555. The predicted molar refractivity (Wildman–Crippen MR) is 112 cm³/mol. The third-order valence-corrected chi connectivity index (χ3v) is 4.18. The molecule has 0 aliphatic rings. The number of benzene rings is 2. The monoisotopic (exact) mass is 407 g/mol. The van der Waals surface area contributed by atoms with Crippen LogP contribution in [0.3, 0.4) is 0 Å². The first kappa shape index (κ1) is 22.2. The van der Waals surface area contributed by atoms with E-state index < -0.39 is 10.8 Å². The predicted octanol–water partition coefficient (Wildman–Crippen LogP) is 3.43. The maximum Gasteiger partial charge on any atom is 0.276 e. The Hall–Kier alpha value is -4.12. The highest BCUT2D eigenvalue weighted by atomic mass is 16.6. The molecule has 30 heavy (non-hydrogen) atoms. The number of hydrogen-bond donors (Lipinski definition) is 1. The number of ether oxygens (including phenoxy) is 2. The van der Waals surface area contributed by atoms with Crippen molar-refractivity contribution in [2.75, 3.05) is 20.8 Å². The van der Waals surface area contributed by atoms with Crippen molar-refractivity contribution < 1.29 is 19.2 Å². The van der Waals surface area contributed by atoms with E-state index in [1.54, 1.807) is 38.5 Å². The van der Waals surface area contributed by atoms with Gasteiger partial charge in [0.05, 0.1) is 24.7 Å². The number of methoxy groups -OCH3 is 2. The molecule has 0 atom stereocenters. The zero-order valence-corrected chi connectivity index (χ0v) is 16.6. The van der Waals surface area contributed by atoms with Crippen LogP contribution in [-0.2, 0) is 11.2 Å². The van der Waals surface area contributed by atoms with Crippen molar-refractivity contribution in [1.82, 2.24) is 5.32 Å². The van der Waals surface area contributed by atoms with E-state index in [1.165, 1.54) is 24.3 Å². The summed E-state index contributed by atoms with van der Waals surface area (Å²) in [5.41, 5.74) is 1.16. The number of nitro benzene ring substituents is 1. The molecule has 0 aliphatic carbocycles. The molecule has 0 aromatic heterocycles. The van der Waals surface area contributed by atoms with Gasteiger partial charge >= 0.3 is 0 Å². The molecule has 1 amide bonds. The highest BCUT2D eigenvalue weighted by Gasteiger charge is 2.10. The Kier molecular flexibility index (Phi) is 8.15. The Bertz CT molecular complexity index is 1020. The highest BCUT2D eigenvalue weighted by Crippen LogP contribution is 2.27. The Morgan fingerprint density at radius 3 is 2.60 bits per heavy atom. The molecule has 2 aromatic carbocycles. The minimum Gasteiger partial charge on any atom is -0.493 e. The fraction of sp³-hybridized carbons (Fsp3) is 0.182. The normalized spacial score (nSPS) is 11.0. The summed E-state index contributed by atoms with van der Waals surface area (Å²) in [6.07, 6.45) is 4.78. The first-order valence-corrected chi connectivity index (χ1v) is 9.01. The summed E-state index contributed by atoms with van der Waals surface area (Å²) in [6.45, 7) is 0.321. The van der Waals surface area contributed by atoms with Crippen molar-refractivity contribution in [3.8, 4) is 17.6 Å². The van der Waals surface area contributed by atoms with Crippen molar-refractivity contribution in [1.29, 1.82) is 5.26 Å². The van der Waals surface area contributed by atoms with E-state index in [0.29, 0.717) is 30.0 Å². The first-order chi connectivity index (χ1) is 14.5. The van der Waals surface area contributed by atoms with Gasteiger partial charge in [-0.05, 0) is 42.3 Å². The van der Waals surface area contributed by atoms with Gasteiger partial charge in [0.15, 0.2) is 11.5 Å². The molecule has 0 bridgehead atoms. The summed E-state index contributed by atoms with van der Waals surface area (Å²) in [6, 6.07) is 13.5. The Morgan fingerprint density at radius 2 is 1.93 bits per heavy atom. The van der Waals surface area contributed by atoms with Gasteiger partial charge in [-0.3, -0.25) is 14.9 Å². The third-order valence-electron chi connectivity index (χ3n) is 4.18. The van der Waals surface area contributed by atoms with Crippen molar-refractivity contribution in [2.24, 2.45) is 0 Å². The molecule has 8 nitrogen and oxygen atoms in total. The lowest BCUT2D eigenvalue weighted by molar-refractivity contribution is -0.385. The maximum atomic E-state index is 12.2. The number of carbonyl (C=O) groups excluding carboxylic acids is 1. The Balaban J connectivity index is 1.98. The molecule has 2 aromatic rings. The second-order valence-corrected chi connectivity index (χ2v) is 6.06. The largest absolute Gasteiger partial charge is 0.493 e. The number of amides is 1. The van der Waals surface area contributed by atoms with E-state index in [1.807, 2.05) is 18.2 Å². The average molecular weight is 407 g/mol. The molecule has 154 valence electrons. The molecule has 0 spiro atoms. The van der Waals surface area contributed by atoms with Crippen LogP contribution in [0.25, 0.3) is 6.08 Å². The van der Waals surface area contributed by atoms with Crippen LogP contribution in [-0.4, -0.2) is 31.6 Å². The van der Waals surface area contributed by atoms with E-state index in [4.69, 9.17) is 9.47 Å². The molecule has 0 saturated heterocycles. The van der Waals surface area contributed by atoms with Crippen LogP contribution >= 0.6 is 0 Å². The van der Waals surface area contributed by atoms with E-state index in [0.717, 1.165) is 5.56 Å². The Morgan fingerprint density at radius 1 is 1.20 bits per heavy atom. The van der Waals surface area contributed by atoms with Crippen molar-refractivity contribution in [2.45, 2.75) is 6.42 Å². The number of allylic oxidation sites excluding steroid dienone is 2. The van der Waals surface area contributed by atoms with Crippen LogP contribution in [0.4, 0.5) is 5.69 Å². The number of nitrogens with zero attached hydrogens (tertiary/aromatic N) is 2. The van der Waals surface area contributed by atoms with Gasteiger partial charge in [-0.1, -0.05) is 24.3 Å². The fourth-order valence-electron chi connectivity index (χ4n) is 2.66. The SMILES string of the molecule is COc1ccc(CCNC(=O)/C(C#N)=C/C=C/c2ccccc2[N+](=O)[O-])cc1OC. The molecule has 0 unspecified atom stereocenters. The molecule has 0 fully saturated rings. The molecule has 2 rings (SSSR count). The summed E-state index contributed by atoms with van der Waals surface area (Å²) in [5.74, 6) is 0.690. The quantitative estimate of drug-likeness (QED) is 0.224. The van der Waals surface area contributed by atoms with Gasteiger partial charge in [0.2, 0.25) is 0 Å². The number of nitriles is 1. The van der Waals surface area contributed by atoms with Gasteiger partial charge < -0.3 is 14.8 Å².